The van der Waals surface area contributed by atoms with Crippen LogP contribution in [0.1, 0.15) is 27.9 Å². The van der Waals surface area contributed by atoms with E-state index < -0.39 is 0 Å². The summed E-state index contributed by atoms with van der Waals surface area (Å²) in [5.41, 5.74) is 8.11. The van der Waals surface area contributed by atoms with Gasteiger partial charge in [-0.25, -0.2) is 0 Å². The van der Waals surface area contributed by atoms with Gasteiger partial charge < -0.3 is 41.6 Å². The van der Waals surface area contributed by atoms with Gasteiger partial charge >= 0.3 is 0 Å². The maximum atomic E-state index is 12.4. The smallest absolute Gasteiger partial charge is 0.251 e. The Morgan fingerprint density at radius 3 is 2.08 bits per heavy atom. The van der Waals surface area contributed by atoms with Gasteiger partial charge in [0.25, 0.3) is 5.91 Å². The summed E-state index contributed by atoms with van der Waals surface area (Å²) < 4.78 is 10.7. The second-order valence-electron chi connectivity index (χ2n) is 8.79. The van der Waals surface area contributed by atoms with Crippen molar-refractivity contribution in [2.24, 2.45) is 5.73 Å². The second kappa shape index (κ2) is 18.4. The highest BCUT2D eigenvalue weighted by Gasteiger charge is 2.08. The summed E-state index contributed by atoms with van der Waals surface area (Å²) in [6.45, 7) is 4.52. The predicted octanol–water partition coefficient (Wildman–Crippen LogP) is 1.65. The SMILES string of the molecule is NCCOCCOCCNC(=O)c1ccc(CNc2nc(NCCCO)nc(NCCc3ccccc3)n2)cc1. The topological polar surface area (TPSA) is 169 Å². The van der Waals surface area contributed by atoms with Crippen molar-refractivity contribution in [2.45, 2.75) is 19.4 Å². The quantitative estimate of drug-likeness (QED) is 0.113. The molecule has 1 amide bonds. The van der Waals surface area contributed by atoms with Gasteiger partial charge in [0.05, 0.1) is 26.4 Å². The first-order chi connectivity index (χ1) is 19.7. The van der Waals surface area contributed by atoms with Crippen molar-refractivity contribution in [3.63, 3.8) is 0 Å². The van der Waals surface area contributed by atoms with Crippen LogP contribution < -0.4 is 27.0 Å². The van der Waals surface area contributed by atoms with Gasteiger partial charge in [-0.15, -0.1) is 0 Å². The van der Waals surface area contributed by atoms with Crippen LogP contribution in [0.5, 0.6) is 0 Å². The molecule has 0 aliphatic rings. The molecule has 12 nitrogen and oxygen atoms in total. The predicted molar refractivity (Wildman–Crippen MR) is 155 cm³/mol. The number of amides is 1. The van der Waals surface area contributed by atoms with E-state index in [1.165, 1.54) is 5.56 Å². The second-order valence-corrected chi connectivity index (χ2v) is 8.79. The minimum Gasteiger partial charge on any atom is -0.396 e. The van der Waals surface area contributed by atoms with E-state index in [1.54, 1.807) is 12.1 Å². The monoisotopic (exact) mass is 552 g/mol. The zero-order valence-corrected chi connectivity index (χ0v) is 22.8. The lowest BCUT2D eigenvalue weighted by Crippen LogP contribution is -2.27. The number of nitrogens with two attached hydrogens (primary N) is 1. The van der Waals surface area contributed by atoms with Gasteiger partial charge in [0, 0.05) is 44.9 Å². The number of aliphatic hydroxyl groups excluding tert-OH is 1. The van der Waals surface area contributed by atoms with Crippen LogP contribution in [-0.2, 0) is 22.4 Å². The minimum atomic E-state index is -0.162. The van der Waals surface area contributed by atoms with Crippen molar-refractivity contribution < 1.29 is 19.4 Å². The third-order valence-corrected chi connectivity index (χ3v) is 5.63. The fraction of sp³-hybridized carbons (Fsp3) is 0.429. The number of anilines is 3. The lowest BCUT2D eigenvalue weighted by atomic mass is 10.1. The molecule has 12 heteroatoms. The van der Waals surface area contributed by atoms with E-state index in [0.717, 1.165) is 12.0 Å². The van der Waals surface area contributed by atoms with Crippen molar-refractivity contribution >= 4 is 23.8 Å². The molecule has 3 aromatic rings. The summed E-state index contributed by atoms with van der Waals surface area (Å²) in [7, 11) is 0. The van der Waals surface area contributed by atoms with E-state index in [0.29, 0.717) is 89.0 Å². The molecule has 0 fully saturated rings. The molecule has 0 saturated heterocycles. The van der Waals surface area contributed by atoms with E-state index in [-0.39, 0.29) is 12.5 Å². The zero-order valence-electron chi connectivity index (χ0n) is 22.8. The van der Waals surface area contributed by atoms with E-state index in [2.05, 4.69) is 48.4 Å². The average Bonchev–Trinajstić information content (AvgIpc) is 2.98. The summed E-state index contributed by atoms with van der Waals surface area (Å²) in [6.07, 6.45) is 1.42. The maximum Gasteiger partial charge on any atom is 0.251 e. The van der Waals surface area contributed by atoms with Crippen molar-refractivity contribution in [2.75, 3.05) is 75.2 Å². The Morgan fingerprint density at radius 2 is 1.40 bits per heavy atom. The third-order valence-electron chi connectivity index (χ3n) is 5.63. The van der Waals surface area contributed by atoms with Crippen LogP contribution in [0.2, 0.25) is 0 Å². The van der Waals surface area contributed by atoms with Crippen molar-refractivity contribution in [3.05, 3.63) is 71.3 Å². The van der Waals surface area contributed by atoms with Gasteiger partial charge in [0.2, 0.25) is 17.8 Å². The molecule has 0 radical (unpaired) electrons. The molecule has 0 bridgehead atoms. The van der Waals surface area contributed by atoms with Crippen LogP contribution in [0.15, 0.2) is 54.6 Å². The molecule has 216 valence electrons. The molecule has 0 saturated carbocycles. The highest BCUT2D eigenvalue weighted by Crippen LogP contribution is 2.12. The Labute approximate surface area is 235 Å². The molecule has 1 heterocycles. The number of benzene rings is 2. The summed E-state index contributed by atoms with van der Waals surface area (Å²) in [5.74, 6) is 1.13. The van der Waals surface area contributed by atoms with Crippen LogP contribution in [-0.4, -0.2) is 85.2 Å². The van der Waals surface area contributed by atoms with Gasteiger partial charge in [-0.1, -0.05) is 42.5 Å². The Morgan fingerprint density at radius 1 is 0.750 bits per heavy atom. The zero-order chi connectivity index (χ0) is 28.3. The van der Waals surface area contributed by atoms with Gasteiger partial charge in [-0.2, -0.15) is 15.0 Å². The van der Waals surface area contributed by atoms with Crippen molar-refractivity contribution in [3.8, 4) is 0 Å². The Bertz CT molecular complexity index is 1120. The van der Waals surface area contributed by atoms with Gasteiger partial charge in [0.15, 0.2) is 0 Å². The molecule has 2 aromatic carbocycles. The van der Waals surface area contributed by atoms with Crippen LogP contribution in [0.3, 0.4) is 0 Å². The first-order valence-electron chi connectivity index (χ1n) is 13.5. The van der Waals surface area contributed by atoms with Crippen LogP contribution in [0.4, 0.5) is 17.8 Å². The molecule has 0 atom stereocenters. The number of nitrogens with zero attached hydrogens (tertiary/aromatic N) is 3. The minimum absolute atomic E-state index is 0.0816. The number of nitrogens with one attached hydrogen (secondary N) is 4. The lowest BCUT2D eigenvalue weighted by Gasteiger charge is -2.12. The number of aromatic nitrogens is 3. The molecule has 0 aliphatic heterocycles. The summed E-state index contributed by atoms with van der Waals surface area (Å²) in [4.78, 5) is 25.8. The molecule has 0 aliphatic carbocycles. The first-order valence-corrected chi connectivity index (χ1v) is 13.5. The van der Waals surface area contributed by atoms with Crippen molar-refractivity contribution in [1.82, 2.24) is 20.3 Å². The highest BCUT2D eigenvalue weighted by atomic mass is 16.5. The summed E-state index contributed by atoms with van der Waals surface area (Å²) >= 11 is 0. The normalized spacial score (nSPS) is 10.8. The molecular weight excluding hydrogens is 512 g/mol. The fourth-order valence-corrected chi connectivity index (χ4v) is 3.55. The summed E-state index contributed by atoms with van der Waals surface area (Å²) in [5, 5.41) is 21.5. The van der Waals surface area contributed by atoms with E-state index >= 15 is 0 Å². The summed E-state index contributed by atoms with van der Waals surface area (Å²) in [6, 6.07) is 17.5. The van der Waals surface area contributed by atoms with E-state index in [1.807, 2.05) is 30.3 Å². The number of carbonyl (C=O) groups is 1. The van der Waals surface area contributed by atoms with Crippen LogP contribution in [0.25, 0.3) is 0 Å². The fourth-order valence-electron chi connectivity index (χ4n) is 3.55. The number of hydrogen-bond acceptors (Lipinski definition) is 11. The van der Waals surface area contributed by atoms with Crippen molar-refractivity contribution in [1.29, 1.82) is 0 Å². The molecule has 1 aromatic heterocycles. The number of carbonyl (C=O) groups excluding carboxylic acids is 1. The Balaban J connectivity index is 1.47. The Kier molecular flexibility index (Phi) is 14.2. The van der Waals surface area contributed by atoms with E-state index in [9.17, 15) is 4.79 Å². The Hall–Kier alpha value is -3.84. The largest absolute Gasteiger partial charge is 0.396 e. The van der Waals surface area contributed by atoms with Crippen LogP contribution in [0, 0.1) is 0 Å². The van der Waals surface area contributed by atoms with Gasteiger partial charge in [-0.05, 0) is 36.1 Å². The standard InChI is InChI=1S/C28H40N8O4/c29-12-17-39-19-20-40-18-15-30-25(38)24-9-7-23(8-10-24)21-33-28-35-26(31-13-4-16-37)34-27(36-28)32-14-11-22-5-2-1-3-6-22/h1-3,5-10,37H,4,11-21,29H2,(H,30,38)(H3,31,32,33,34,35,36). The van der Waals surface area contributed by atoms with Gasteiger partial charge in [0.1, 0.15) is 0 Å². The number of rotatable bonds is 20. The average molecular weight is 553 g/mol. The molecule has 40 heavy (non-hydrogen) atoms. The molecular formula is C28H40N8O4. The van der Waals surface area contributed by atoms with E-state index in [4.69, 9.17) is 20.3 Å². The number of aliphatic hydroxyl groups is 1. The molecule has 0 unspecified atom stereocenters. The maximum absolute atomic E-state index is 12.4. The molecule has 0 spiro atoms. The number of hydrogen-bond donors (Lipinski definition) is 6. The molecule has 3 rings (SSSR count). The third kappa shape index (κ3) is 11.9. The van der Waals surface area contributed by atoms with Gasteiger partial charge in [-0.3, -0.25) is 4.79 Å². The highest BCUT2D eigenvalue weighted by molar-refractivity contribution is 5.94. The van der Waals surface area contributed by atoms with Crippen LogP contribution >= 0.6 is 0 Å². The lowest BCUT2D eigenvalue weighted by molar-refractivity contribution is 0.0511. The number of ether oxygens (including phenoxy) is 2. The molecule has 7 N–H and O–H groups in total. The first kappa shape index (κ1) is 30.7.